The van der Waals surface area contributed by atoms with Crippen molar-refractivity contribution in [2.75, 3.05) is 19.1 Å². The van der Waals surface area contributed by atoms with Gasteiger partial charge in [0.05, 0.1) is 12.1 Å². The van der Waals surface area contributed by atoms with Crippen LogP contribution in [0.2, 0.25) is 0 Å². The third-order valence-electron chi connectivity index (χ3n) is 4.83. The standard InChI is InChI=1S/C18H19N3O5S2/c19-16(10-1-3-13-14(7-10)26-9-25-13)12-2-4-15(22)21(12)5-6-27-18-20-11(8-28-18)17(23)24/h1,3,7-8,12,16H,2,4-6,9,19H2,(H,23,24)/t12-,16?/m1/s1. The molecule has 8 nitrogen and oxygen atoms in total. The van der Waals surface area contributed by atoms with E-state index in [9.17, 15) is 9.59 Å². The van der Waals surface area contributed by atoms with Gasteiger partial charge in [0, 0.05) is 24.1 Å². The van der Waals surface area contributed by atoms with Gasteiger partial charge in [0.1, 0.15) is 0 Å². The molecule has 0 spiro atoms. The second-order valence-corrected chi connectivity index (χ2v) is 8.68. The second-order valence-electron chi connectivity index (χ2n) is 6.48. The summed E-state index contributed by atoms with van der Waals surface area (Å²) in [4.78, 5) is 29.2. The fourth-order valence-electron chi connectivity index (χ4n) is 3.42. The molecule has 1 fully saturated rings. The van der Waals surface area contributed by atoms with Crippen molar-refractivity contribution in [1.29, 1.82) is 0 Å². The molecule has 0 bridgehead atoms. The van der Waals surface area contributed by atoms with Crippen molar-refractivity contribution in [2.45, 2.75) is 29.3 Å². The summed E-state index contributed by atoms with van der Waals surface area (Å²) in [5, 5.41) is 10.5. The number of benzene rings is 1. The van der Waals surface area contributed by atoms with Gasteiger partial charge in [-0.25, -0.2) is 9.78 Å². The summed E-state index contributed by atoms with van der Waals surface area (Å²) in [5.41, 5.74) is 7.45. The minimum absolute atomic E-state index is 0.0486. The number of carbonyl (C=O) groups excluding carboxylic acids is 1. The van der Waals surface area contributed by atoms with Crippen molar-refractivity contribution in [2.24, 2.45) is 5.73 Å². The van der Waals surface area contributed by atoms with E-state index in [0.29, 0.717) is 41.0 Å². The fraction of sp³-hybridized carbons (Fsp3) is 0.389. The Labute approximate surface area is 169 Å². The van der Waals surface area contributed by atoms with Crippen molar-refractivity contribution in [1.82, 2.24) is 9.88 Å². The van der Waals surface area contributed by atoms with E-state index < -0.39 is 5.97 Å². The molecular weight excluding hydrogens is 402 g/mol. The Morgan fingerprint density at radius 2 is 2.25 bits per heavy atom. The first-order valence-electron chi connectivity index (χ1n) is 8.79. The number of carboxylic acid groups (broad SMARTS) is 1. The predicted octanol–water partition coefficient (Wildman–Crippen LogP) is 2.35. The summed E-state index contributed by atoms with van der Waals surface area (Å²) in [5.74, 6) is 1.07. The molecule has 10 heteroatoms. The van der Waals surface area contributed by atoms with Crippen LogP contribution in [0.25, 0.3) is 0 Å². The van der Waals surface area contributed by atoms with Crippen LogP contribution in [0.3, 0.4) is 0 Å². The minimum Gasteiger partial charge on any atom is -0.476 e. The summed E-state index contributed by atoms with van der Waals surface area (Å²) >= 11 is 2.74. The highest BCUT2D eigenvalue weighted by Crippen LogP contribution is 2.36. The lowest BCUT2D eigenvalue weighted by Crippen LogP contribution is -2.41. The van der Waals surface area contributed by atoms with E-state index in [1.165, 1.54) is 28.5 Å². The van der Waals surface area contributed by atoms with Crippen molar-refractivity contribution in [3.05, 3.63) is 34.8 Å². The van der Waals surface area contributed by atoms with Gasteiger partial charge < -0.3 is 25.2 Å². The number of aromatic carboxylic acids is 1. The molecule has 2 aliphatic heterocycles. The average Bonchev–Trinajstić information content (AvgIpc) is 3.41. The quantitative estimate of drug-likeness (QED) is 0.655. The van der Waals surface area contributed by atoms with E-state index in [4.69, 9.17) is 20.3 Å². The van der Waals surface area contributed by atoms with E-state index in [2.05, 4.69) is 4.98 Å². The van der Waals surface area contributed by atoms with Gasteiger partial charge in [-0.3, -0.25) is 4.79 Å². The zero-order valence-corrected chi connectivity index (χ0v) is 16.5. The number of hydrogen-bond acceptors (Lipinski definition) is 8. The molecule has 1 aromatic heterocycles. The van der Waals surface area contributed by atoms with Crippen molar-refractivity contribution in [3.8, 4) is 11.5 Å². The molecule has 3 N–H and O–H groups in total. The van der Waals surface area contributed by atoms with Crippen LogP contribution in [0.5, 0.6) is 11.5 Å². The highest BCUT2D eigenvalue weighted by Gasteiger charge is 2.35. The normalized spacial score (nSPS) is 19.2. The monoisotopic (exact) mass is 421 g/mol. The Morgan fingerprint density at radius 3 is 3.04 bits per heavy atom. The lowest BCUT2D eigenvalue weighted by atomic mass is 9.98. The number of ether oxygens (including phenoxy) is 2. The molecule has 1 aromatic carbocycles. The van der Waals surface area contributed by atoms with E-state index in [1.54, 1.807) is 0 Å². The number of carboxylic acids is 1. The molecule has 0 radical (unpaired) electrons. The first-order valence-corrected chi connectivity index (χ1v) is 10.7. The number of thiazole rings is 1. The van der Waals surface area contributed by atoms with Gasteiger partial charge in [-0.2, -0.15) is 0 Å². The largest absolute Gasteiger partial charge is 0.476 e. The summed E-state index contributed by atoms with van der Waals surface area (Å²) in [6, 6.07) is 5.24. The lowest BCUT2D eigenvalue weighted by molar-refractivity contribution is -0.128. The van der Waals surface area contributed by atoms with Crippen LogP contribution in [0.4, 0.5) is 0 Å². The fourth-order valence-corrected chi connectivity index (χ4v) is 5.22. The molecule has 3 heterocycles. The highest BCUT2D eigenvalue weighted by molar-refractivity contribution is 8.01. The van der Waals surface area contributed by atoms with Crippen LogP contribution in [0, 0.1) is 0 Å². The molecule has 148 valence electrons. The molecule has 0 saturated carbocycles. The number of likely N-dealkylation sites (tertiary alicyclic amines) is 1. The third-order valence-corrected chi connectivity index (χ3v) is 6.83. The zero-order valence-electron chi connectivity index (χ0n) is 14.9. The molecule has 0 aliphatic carbocycles. The number of carbonyl (C=O) groups is 2. The summed E-state index contributed by atoms with van der Waals surface area (Å²) in [7, 11) is 0. The third kappa shape index (κ3) is 3.80. The number of fused-ring (bicyclic) bond motifs is 1. The van der Waals surface area contributed by atoms with E-state index >= 15 is 0 Å². The molecule has 1 unspecified atom stereocenters. The second kappa shape index (κ2) is 7.98. The van der Waals surface area contributed by atoms with Crippen LogP contribution in [-0.2, 0) is 4.79 Å². The summed E-state index contributed by atoms with van der Waals surface area (Å²) in [6.45, 7) is 0.744. The molecule has 1 amide bonds. The maximum atomic E-state index is 12.4. The number of aromatic nitrogens is 1. The molecule has 4 rings (SSSR count). The molecular formula is C18H19N3O5S2. The van der Waals surface area contributed by atoms with Crippen LogP contribution >= 0.6 is 23.1 Å². The van der Waals surface area contributed by atoms with Crippen molar-refractivity contribution >= 4 is 35.0 Å². The first kappa shape index (κ1) is 19.0. The van der Waals surface area contributed by atoms with Gasteiger partial charge in [-0.05, 0) is 24.1 Å². The Morgan fingerprint density at radius 1 is 1.43 bits per heavy atom. The number of hydrogen-bond donors (Lipinski definition) is 2. The van der Waals surface area contributed by atoms with Gasteiger partial charge in [-0.15, -0.1) is 11.3 Å². The van der Waals surface area contributed by atoms with Gasteiger partial charge >= 0.3 is 5.97 Å². The average molecular weight is 422 g/mol. The molecule has 2 aliphatic rings. The van der Waals surface area contributed by atoms with Crippen LogP contribution in [0.1, 0.15) is 34.9 Å². The Kier molecular flexibility index (Phi) is 5.42. The van der Waals surface area contributed by atoms with Crippen LogP contribution in [0.15, 0.2) is 27.9 Å². The van der Waals surface area contributed by atoms with Gasteiger partial charge in [0.25, 0.3) is 0 Å². The summed E-state index contributed by atoms with van der Waals surface area (Å²) in [6.07, 6.45) is 1.19. The number of amides is 1. The molecule has 2 aromatic rings. The lowest BCUT2D eigenvalue weighted by Gasteiger charge is -2.29. The Hall–Kier alpha value is -2.30. The number of rotatable bonds is 7. The minimum atomic E-state index is -1.03. The number of nitrogens with zero attached hydrogens (tertiary/aromatic N) is 2. The van der Waals surface area contributed by atoms with E-state index in [1.807, 2.05) is 23.1 Å². The Balaban J connectivity index is 1.39. The predicted molar refractivity (Wildman–Crippen MR) is 104 cm³/mol. The highest BCUT2D eigenvalue weighted by atomic mass is 32.2. The van der Waals surface area contributed by atoms with Crippen LogP contribution in [-0.4, -0.2) is 52.0 Å². The van der Waals surface area contributed by atoms with Crippen molar-refractivity contribution < 1.29 is 24.2 Å². The maximum Gasteiger partial charge on any atom is 0.355 e. The molecule has 28 heavy (non-hydrogen) atoms. The van der Waals surface area contributed by atoms with E-state index in [-0.39, 0.29) is 30.5 Å². The topological polar surface area (TPSA) is 115 Å². The van der Waals surface area contributed by atoms with E-state index in [0.717, 1.165) is 5.56 Å². The van der Waals surface area contributed by atoms with Crippen molar-refractivity contribution in [3.63, 3.8) is 0 Å². The van der Waals surface area contributed by atoms with Gasteiger partial charge in [0.2, 0.25) is 12.7 Å². The first-order chi connectivity index (χ1) is 13.5. The Bertz CT molecular complexity index is 903. The van der Waals surface area contributed by atoms with Gasteiger partial charge in [0.15, 0.2) is 21.5 Å². The molecule has 2 atom stereocenters. The smallest absolute Gasteiger partial charge is 0.355 e. The maximum absolute atomic E-state index is 12.4. The number of nitrogens with two attached hydrogens (primary N) is 1. The molecule has 1 saturated heterocycles. The van der Waals surface area contributed by atoms with Crippen LogP contribution < -0.4 is 15.2 Å². The zero-order chi connectivity index (χ0) is 19.7. The SMILES string of the molecule is NC(c1ccc2c(c1)OCO2)[C@H]1CCC(=O)N1CCSc1nc(C(=O)O)cs1. The van der Waals surface area contributed by atoms with Gasteiger partial charge in [-0.1, -0.05) is 17.8 Å². The summed E-state index contributed by atoms with van der Waals surface area (Å²) < 4.78 is 11.4. The number of thioether (sulfide) groups is 1.